The van der Waals surface area contributed by atoms with Crippen molar-refractivity contribution in [3.05, 3.63) is 35.1 Å². The lowest BCUT2D eigenvalue weighted by Gasteiger charge is -2.15. The largest absolute Gasteiger partial charge is 0.573 e. The average molecular weight is 397 g/mol. The summed E-state index contributed by atoms with van der Waals surface area (Å²) in [6.07, 6.45) is -2.51. The second-order valence-electron chi connectivity index (χ2n) is 4.35. The maximum atomic E-state index is 13.5. The first kappa shape index (κ1) is 17.2. The molecule has 0 spiro atoms. The van der Waals surface area contributed by atoms with Gasteiger partial charge in [0.15, 0.2) is 11.6 Å². The summed E-state index contributed by atoms with van der Waals surface area (Å²) in [7, 11) is 0. The van der Waals surface area contributed by atoms with E-state index in [2.05, 4.69) is 36.1 Å². The Morgan fingerprint density at radius 2 is 2.13 bits per heavy atom. The number of alkyl halides is 3. The van der Waals surface area contributed by atoms with Gasteiger partial charge in [0.2, 0.25) is 5.91 Å². The molecule has 1 unspecified atom stereocenters. The number of hydrogen-bond acceptors (Lipinski definition) is 4. The number of nitrogens with one attached hydrogen (secondary N) is 1. The van der Waals surface area contributed by atoms with Gasteiger partial charge in [0.05, 0.1) is 5.69 Å². The van der Waals surface area contributed by atoms with Crippen LogP contribution in [0.1, 0.15) is 13.0 Å². The van der Waals surface area contributed by atoms with Crippen LogP contribution in [0.2, 0.25) is 0 Å². The van der Waals surface area contributed by atoms with Crippen LogP contribution in [0.4, 0.5) is 23.2 Å². The molecule has 1 heterocycles. The van der Waals surface area contributed by atoms with Gasteiger partial charge >= 0.3 is 6.36 Å². The smallest absolute Gasteiger partial charge is 0.403 e. The molecule has 0 saturated heterocycles. The van der Waals surface area contributed by atoms with Crippen LogP contribution >= 0.6 is 15.9 Å². The predicted octanol–water partition coefficient (Wildman–Crippen LogP) is 3.28. The Bertz CT molecular complexity index is 706. The minimum atomic E-state index is -5.05. The highest BCUT2D eigenvalue weighted by Crippen LogP contribution is 2.33. The van der Waals surface area contributed by atoms with E-state index >= 15 is 0 Å². The molecule has 0 bridgehead atoms. The zero-order valence-electron chi connectivity index (χ0n) is 11.4. The fraction of sp³-hybridized carbons (Fsp3) is 0.250. The molecule has 6 nitrogen and oxygen atoms in total. The number of carbonyl (C=O) groups excluding carboxylic acids is 1. The molecule has 1 N–H and O–H groups in total. The summed E-state index contributed by atoms with van der Waals surface area (Å²) in [5.41, 5.74) is -0.0809. The Hall–Kier alpha value is -2.17. The molecule has 0 fully saturated rings. The number of hydrogen-bond donors (Lipinski definition) is 1. The van der Waals surface area contributed by atoms with Crippen molar-refractivity contribution in [2.24, 2.45) is 0 Å². The third kappa shape index (κ3) is 4.41. The van der Waals surface area contributed by atoms with Gasteiger partial charge in [-0.2, -0.15) is 5.10 Å². The van der Waals surface area contributed by atoms with Crippen LogP contribution in [0.15, 0.2) is 29.3 Å². The number of amides is 1. The Labute approximate surface area is 135 Å². The molecule has 124 valence electrons. The fourth-order valence-corrected chi connectivity index (χ4v) is 2.02. The number of carbonyl (C=O) groups is 1. The number of benzene rings is 1. The number of aromatic nitrogens is 3. The Morgan fingerprint density at radius 3 is 2.70 bits per heavy atom. The summed E-state index contributed by atoms with van der Waals surface area (Å²) < 4.78 is 55.0. The van der Waals surface area contributed by atoms with Crippen molar-refractivity contribution in [2.45, 2.75) is 19.3 Å². The van der Waals surface area contributed by atoms with E-state index in [1.807, 2.05) is 0 Å². The van der Waals surface area contributed by atoms with Crippen molar-refractivity contribution >= 4 is 27.5 Å². The van der Waals surface area contributed by atoms with Crippen LogP contribution in [0.5, 0.6) is 5.75 Å². The van der Waals surface area contributed by atoms with E-state index in [0.717, 1.165) is 12.1 Å². The molecule has 11 heteroatoms. The minimum Gasteiger partial charge on any atom is -0.403 e. The van der Waals surface area contributed by atoms with Gasteiger partial charge in [-0.3, -0.25) is 4.79 Å². The quantitative estimate of drug-likeness (QED) is 0.805. The van der Waals surface area contributed by atoms with E-state index in [4.69, 9.17) is 0 Å². The lowest BCUT2D eigenvalue weighted by atomic mass is 10.2. The van der Waals surface area contributed by atoms with Crippen molar-refractivity contribution < 1.29 is 27.1 Å². The Morgan fingerprint density at radius 1 is 1.43 bits per heavy atom. The van der Waals surface area contributed by atoms with Crippen molar-refractivity contribution in [3.63, 3.8) is 0 Å². The SMILES string of the molecule is CC(C(=O)Nc1cc(OC(F)(F)F)c(F)cc1Br)n1cncn1. The van der Waals surface area contributed by atoms with Gasteiger partial charge in [-0.15, -0.1) is 13.2 Å². The molecule has 0 saturated carbocycles. The van der Waals surface area contributed by atoms with E-state index in [0.29, 0.717) is 0 Å². The number of nitrogens with zero attached hydrogens (tertiary/aromatic N) is 3. The zero-order valence-corrected chi connectivity index (χ0v) is 13.0. The predicted molar refractivity (Wildman–Crippen MR) is 74.1 cm³/mol. The van der Waals surface area contributed by atoms with Gasteiger partial charge < -0.3 is 10.1 Å². The number of ether oxygens (including phenoxy) is 1. The Kier molecular flexibility index (Phi) is 4.88. The molecule has 0 aliphatic carbocycles. The maximum Gasteiger partial charge on any atom is 0.573 e. The summed E-state index contributed by atoms with van der Waals surface area (Å²) in [6, 6.07) is 0.719. The molecule has 1 aromatic heterocycles. The van der Waals surface area contributed by atoms with Crippen molar-refractivity contribution in [3.8, 4) is 5.75 Å². The second-order valence-corrected chi connectivity index (χ2v) is 5.21. The summed E-state index contributed by atoms with van der Waals surface area (Å²) in [5, 5.41) is 6.14. The molecular weight excluding hydrogens is 388 g/mol. The standard InChI is InChI=1S/C12H9BrF4N4O2/c1-6(21-5-18-4-19-21)11(22)20-9-3-10(23-12(15,16)17)8(14)2-7(9)13/h2-6H,1H3,(H,20,22). The molecule has 23 heavy (non-hydrogen) atoms. The first-order chi connectivity index (χ1) is 10.7. The lowest BCUT2D eigenvalue weighted by molar-refractivity contribution is -0.275. The number of anilines is 1. The van der Waals surface area contributed by atoms with E-state index in [9.17, 15) is 22.4 Å². The van der Waals surface area contributed by atoms with Gasteiger partial charge in [0.25, 0.3) is 0 Å². The van der Waals surface area contributed by atoms with Crippen LogP contribution < -0.4 is 10.1 Å². The molecule has 0 radical (unpaired) electrons. The molecule has 0 aliphatic rings. The lowest BCUT2D eigenvalue weighted by Crippen LogP contribution is -2.24. The van der Waals surface area contributed by atoms with Gasteiger partial charge in [-0.25, -0.2) is 14.1 Å². The highest BCUT2D eigenvalue weighted by molar-refractivity contribution is 9.10. The first-order valence-corrected chi connectivity index (χ1v) is 6.86. The third-order valence-corrected chi connectivity index (χ3v) is 3.37. The molecule has 2 rings (SSSR count). The molecule has 1 atom stereocenters. The van der Waals surface area contributed by atoms with Crippen LogP contribution in [0, 0.1) is 5.82 Å². The van der Waals surface area contributed by atoms with E-state index < -0.39 is 29.9 Å². The van der Waals surface area contributed by atoms with Gasteiger partial charge in [-0.1, -0.05) is 0 Å². The van der Waals surface area contributed by atoms with Crippen LogP contribution in [0.25, 0.3) is 0 Å². The molecular formula is C12H9BrF4N4O2. The number of rotatable bonds is 4. The summed E-state index contributed by atoms with van der Waals surface area (Å²) in [6.45, 7) is 1.51. The average Bonchev–Trinajstić information content (AvgIpc) is 2.95. The van der Waals surface area contributed by atoms with E-state index in [-0.39, 0.29) is 10.2 Å². The van der Waals surface area contributed by atoms with Crippen molar-refractivity contribution in [1.29, 1.82) is 0 Å². The van der Waals surface area contributed by atoms with Gasteiger partial charge in [0, 0.05) is 10.5 Å². The summed E-state index contributed by atoms with van der Waals surface area (Å²) in [5.74, 6) is -2.86. The van der Waals surface area contributed by atoms with Crippen molar-refractivity contribution in [1.82, 2.24) is 14.8 Å². The highest BCUT2D eigenvalue weighted by atomic mass is 79.9. The van der Waals surface area contributed by atoms with Crippen LogP contribution in [-0.2, 0) is 4.79 Å². The van der Waals surface area contributed by atoms with Gasteiger partial charge in [0.1, 0.15) is 18.7 Å². The van der Waals surface area contributed by atoms with Crippen LogP contribution in [-0.4, -0.2) is 27.0 Å². The fourth-order valence-electron chi connectivity index (χ4n) is 1.60. The first-order valence-electron chi connectivity index (χ1n) is 6.07. The third-order valence-electron chi connectivity index (χ3n) is 2.72. The van der Waals surface area contributed by atoms with Crippen LogP contribution in [0.3, 0.4) is 0 Å². The molecule has 0 aliphatic heterocycles. The molecule has 2 aromatic rings. The summed E-state index contributed by atoms with van der Waals surface area (Å²) in [4.78, 5) is 15.8. The number of halogens is 5. The second kappa shape index (κ2) is 6.52. The molecule has 1 aromatic carbocycles. The molecule has 1 amide bonds. The monoisotopic (exact) mass is 396 g/mol. The maximum absolute atomic E-state index is 13.5. The zero-order chi connectivity index (χ0) is 17.2. The van der Waals surface area contributed by atoms with E-state index in [1.54, 1.807) is 0 Å². The normalized spacial score (nSPS) is 12.8. The highest BCUT2D eigenvalue weighted by Gasteiger charge is 2.33. The Balaban J connectivity index is 2.22. The van der Waals surface area contributed by atoms with Crippen molar-refractivity contribution in [2.75, 3.05) is 5.32 Å². The van der Waals surface area contributed by atoms with Gasteiger partial charge in [-0.05, 0) is 28.9 Å². The topological polar surface area (TPSA) is 69.0 Å². The minimum absolute atomic E-state index is 0.0589. The summed E-state index contributed by atoms with van der Waals surface area (Å²) >= 11 is 2.96. The van der Waals surface area contributed by atoms with E-state index in [1.165, 1.54) is 24.3 Å².